The fourth-order valence-electron chi connectivity index (χ4n) is 3.39. The summed E-state index contributed by atoms with van der Waals surface area (Å²) in [6.07, 6.45) is 0.664. The fraction of sp³-hybridized carbons (Fsp3) is 0.115. The molecule has 1 unspecified atom stereocenters. The number of hydrogen-bond acceptors (Lipinski definition) is 7. The Morgan fingerprint density at radius 1 is 1.00 bits per heavy atom. The van der Waals surface area contributed by atoms with E-state index in [9.17, 15) is 9.59 Å². The molecule has 1 aromatic heterocycles. The summed E-state index contributed by atoms with van der Waals surface area (Å²) < 4.78 is 17.1. The summed E-state index contributed by atoms with van der Waals surface area (Å²) in [5.41, 5.74) is 3.81. The van der Waals surface area contributed by atoms with Gasteiger partial charge in [0, 0.05) is 17.2 Å². The lowest BCUT2D eigenvalue weighted by Crippen LogP contribution is -2.26. The Morgan fingerprint density at radius 2 is 1.74 bits per heavy atom. The molecule has 0 aliphatic heterocycles. The number of rotatable bonds is 8. The molecule has 1 heterocycles. The van der Waals surface area contributed by atoms with Gasteiger partial charge in [-0.1, -0.05) is 60.1 Å². The van der Waals surface area contributed by atoms with Crippen LogP contribution in [-0.2, 0) is 9.53 Å². The zero-order chi connectivity index (χ0) is 24.8. The minimum Gasteiger partial charge on any atom is -0.493 e. The minimum absolute atomic E-state index is 0.232. The summed E-state index contributed by atoms with van der Waals surface area (Å²) in [6.45, 7) is 0. The number of nitrogens with zero attached hydrogens (tertiary/aromatic N) is 1. The molecule has 0 spiro atoms. The van der Waals surface area contributed by atoms with Crippen LogP contribution in [0.1, 0.15) is 26.9 Å². The third kappa shape index (κ3) is 5.51. The van der Waals surface area contributed by atoms with E-state index in [1.54, 1.807) is 30.3 Å². The third-order valence-corrected chi connectivity index (χ3v) is 6.73. The van der Waals surface area contributed by atoms with Crippen molar-refractivity contribution in [1.29, 1.82) is 0 Å². The molecule has 178 valence electrons. The summed E-state index contributed by atoms with van der Waals surface area (Å²) in [5, 5.41) is 5.16. The van der Waals surface area contributed by atoms with Crippen molar-refractivity contribution >= 4 is 51.1 Å². The zero-order valence-electron chi connectivity index (χ0n) is 18.9. The number of amides is 1. The normalized spacial score (nSPS) is 12.0. The third-order valence-electron chi connectivity index (χ3n) is 5.08. The Kier molecular flexibility index (Phi) is 7.77. The van der Waals surface area contributed by atoms with Crippen LogP contribution in [-0.4, -0.2) is 32.3 Å². The molecule has 1 amide bonds. The average molecular weight is 509 g/mol. The highest BCUT2D eigenvalue weighted by atomic mass is 35.5. The maximum absolute atomic E-state index is 12.8. The first kappa shape index (κ1) is 24.4. The van der Waals surface area contributed by atoms with Gasteiger partial charge in [0.15, 0.2) is 17.6 Å². The molecule has 35 heavy (non-hydrogen) atoms. The Bertz CT molecular complexity index is 1390. The van der Waals surface area contributed by atoms with Gasteiger partial charge in [-0.05, 0) is 35.4 Å². The second kappa shape index (κ2) is 11.1. The molecule has 0 fully saturated rings. The largest absolute Gasteiger partial charge is 0.493 e. The van der Waals surface area contributed by atoms with Crippen LogP contribution in [0.25, 0.3) is 10.1 Å². The molecule has 4 aromatic rings. The smallest absolute Gasteiger partial charge is 0.355 e. The molecule has 0 radical (unpaired) electrons. The minimum atomic E-state index is -0.787. The van der Waals surface area contributed by atoms with E-state index < -0.39 is 18.0 Å². The van der Waals surface area contributed by atoms with E-state index in [2.05, 4.69) is 10.5 Å². The summed E-state index contributed by atoms with van der Waals surface area (Å²) in [4.78, 5) is 25.5. The lowest BCUT2D eigenvalue weighted by atomic mass is 10.1. The van der Waals surface area contributed by atoms with Gasteiger partial charge in [-0.3, -0.25) is 4.79 Å². The molecule has 9 heteroatoms. The summed E-state index contributed by atoms with van der Waals surface area (Å²) in [7, 11) is 2.92. The summed E-state index contributed by atoms with van der Waals surface area (Å²) in [5.74, 6) is -0.428. The molecule has 7 nitrogen and oxygen atoms in total. The van der Waals surface area contributed by atoms with Gasteiger partial charge in [0.2, 0.25) is 0 Å². The van der Waals surface area contributed by atoms with Gasteiger partial charge in [-0.15, -0.1) is 11.3 Å². The van der Waals surface area contributed by atoms with Gasteiger partial charge < -0.3 is 14.2 Å². The molecule has 0 aliphatic rings. The quantitative estimate of drug-likeness (QED) is 0.144. The van der Waals surface area contributed by atoms with Crippen LogP contribution in [0.3, 0.4) is 0 Å². The molecule has 1 atom stereocenters. The van der Waals surface area contributed by atoms with Crippen molar-refractivity contribution in [1.82, 2.24) is 5.43 Å². The molecular formula is C26H21ClN2O5S. The fourth-order valence-corrected chi connectivity index (χ4v) is 4.78. The number of halogens is 1. The number of carbonyl (C=O) groups is 2. The standard InChI is InChI=1S/C26H21ClN2O5S/c1-32-20-14-16(15-28-29-25(30)23(33-2)17-8-4-3-5-9-17)12-13-19(20)34-26(31)24-22(27)18-10-6-7-11-21(18)35-24/h3-15,23H,1-2H3,(H,29,30). The Labute approximate surface area is 210 Å². The van der Waals surface area contributed by atoms with Crippen LogP contribution < -0.4 is 14.9 Å². The molecule has 0 saturated heterocycles. The Morgan fingerprint density at radius 3 is 2.46 bits per heavy atom. The number of hydrogen-bond donors (Lipinski definition) is 1. The van der Waals surface area contributed by atoms with Gasteiger partial charge in [-0.25, -0.2) is 10.2 Å². The van der Waals surface area contributed by atoms with Gasteiger partial charge in [0.25, 0.3) is 5.91 Å². The maximum atomic E-state index is 12.8. The van der Waals surface area contributed by atoms with Crippen molar-refractivity contribution in [3.05, 3.63) is 93.8 Å². The maximum Gasteiger partial charge on any atom is 0.355 e. The van der Waals surface area contributed by atoms with E-state index in [0.717, 1.165) is 10.1 Å². The molecule has 1 N–H and O–H groups in total. The predicted molar refractivity (Wildman–Crippen MR) is 137 cm³/mol. The predicted octanol–water partition coefficient (Wildman–Crippen LogP) is 5.62. The first-order valence-corrected chi connectivity index (χ1v) is 11.7. The number of esters is 1. The van der Waals surface area contributed by atoms with Crippen LogP contribution >= 0.6 is 22.9 Å². The van der Waals surface area contributed by atoms with Crippen molar-refractivity contribution < 1.29 is 23.8 Å². The molecule has 4 rings (SSSR count). The number of hydrazone groups is 1. The van der Waals surface area contributed by atoms with E-state index >= 15 is 0 Å². The van der Waals surface area contributed by atoms with Crippen LogP contribution in [0.15, 0.2) is 77.9 Å². The summed E-state index contributed by atoms with van der Waals surface area (Å²) in [6, 6.07) is 21.5. The van der Waals surface area contributed by atoms with E-state index in [1.165, 1.54) is 31.8 Å². The van der Waals surface area contributed by atoms with Gasteiger partial charge in [0.1, 0.15) is 4.88 Å². The molecule has 0 saturated carbocycles. The first-order chi connectivity index (χ1) is 17.0. The lowest BCUT2D eigenvalue weighted by molar-refractivity contribution is -0.131. The number of carbonyl (C=O) groups excluding carboxylic acids is 2. The molecular weight excluding hydrogens is 488 g/mol. The number of methoxy groups -OCH3 is 2. The van der Waals surface area contributed by atoms with Crippen molar-refractivity contribution in [2.45, 2.75) is 6.10 Å². The van der Waals surface area contributed by atoms with Crippen LogP contribution in [0.4, 0.5) is 0 Å². The second-order valence-electron chi connectivity index (χ2n) is 7.30. The molecule has 0 aliphatic carbocycles. The summed E-state index contributed by atoms with van der Waals surface area (Å²) >= 11 is 7.65. The van der Waals surface area contributed by atoms with Crippen molar-refractivity contribution in [3.63, 3.8) is 0 Å². The van der Waals surface area contributed by atoms with Crippen molar-refractivity contribution in [2.24, 2.45) is 5.10 Å². The lowest BCUT2D eigenvalue weighted by Gasteiger charge is -2.13. The highest BCUT2D eigenvalue weighted by molar-refractivity contribution is 7.21. The number of nitrogens with one attached hydrogen (secondary N) is 1. The second-order valence-corrected chi connectivity index (χ2v) is 8.73. The SMILES string of the molecule is COc1cc(C=NNC(=O)C(OC)c2ccccc2)ccc1OC(=O)c1sc2ccccc2c1Cl. The van der Waals surface area contributed by atoms with Crippen LogP contribution in [0.2, 0.25) is 5.02 Å². The number of fused-ring (bicyclic) bond motifs is 1. The number of thiophene rings is 1. The van der Waals surface area contributed by atoms with E-state index in [-0.39, 0.29) is 5.75 Å². The van der Waals surface area contributed by atoms with Gasteiger partial charge in [0.05, 0.1) is 18.3 Å². The van der Waals surface area contributed by atoms with Crippen LogP contribution in [0, 0.1) is 0 Å². The Hall–Kier alpha value is -3.72. The monoisotopic (exact) mass is 508 g/mol. The first-order valence-electron chi connectivity index (χ1n) is 10.5. The highest BCUT2D eigenvalue weighted by Crippen LogP contribution is 2.37. The van der Waals surface area contributed by atoms with E-state index in [0.29, 0.717) is 26.8 Å². The van der Waals surface area contributed by atoms with Crippen molar-refractivity contribution in [3.8, 4) is 11.5 Å². The molecule has 3 aromatic carbocycles. The molecule has 0 bridgehead atoms. The van der Waals surface area contributed by atoms with Gasteiger partial charge in [-0.2, -0.15) is 5.10 Å². The average Bonchev–Trinajstić information content (AvgIpc) is 3.22. The topological polar surface area (TPSA) is 86.2 Å². The van der Waals surface area contributed by atoms with Crippen molar-refractivity contribution in [2.75, 3.05) is 14.2 Å². The zero-order valence-corrected chi connectivity index (χ0v) is 20.4. The Balaban J connectivity index is 1.45. The number of benzene rings is 3. The van der Waals surface area contributed by atoms with E-state index in [1.807, 2.05) is 42.5 Å². The van der Waals surface area contributed by atoms with Crippen LogP contribution in [0.5, 0.6) is 11.5 Å². The highest BCUT2D eigenvalue weighted by Gasteiger charge is 2.21. The van der Waals surface area contributed by atoms with Gasteiger partial charge >= 0.3 is 5.97 Å². The van der Waals surface area contributed by atoms with E-state index in [4.69, 9.17) is 25.8 Å². The number of ether oxygens (including phenoxy) is 3.